The third-order valence-corrected chi connectivity index (χ3v) is 22.5. The van der Waals surface area contributed by atoms with E-state index in [1.165, 1.54) is 0 Å². The number of carbonyl (C=O) groups excluding carboxylic acids is 4. The van der Waals surface area contributed by atoms with E-state index >= 15 is 0 Å². The largest absolute Gasteiger partial charge is 0.394 e. The predicted molar refractivity (Wildman–Crippen MR) is 376 cm³/mol. The summed E-state index contributed by atoms with van der Waals surface area (Å²) in [6.45, 7) is -7.07. The van der Waals surface area contributed by atoms with E-state index in [4.69, 9.17) is 90.0 Å². The van der Waals surface area contributed by atoms with Crippen LogP contribution in [0.4, 0.5) is 0 Å². The summed E-state index contributed by atoms with van der Waals surface area (Å²) in [5.74, 6) is -3.75. The molecule has 10 heterocycles. The lowest BCUT2D eigenvalue weighted by Gasteiger charge is -2.51. The molecule has 4 amide bonds. The third-order valence-electron chi connectivity index (χ3n) is 22.5. The molecule has 32 N–H and O–H groups in total. The van der Waals surface area contributed by atoms with Gasteiger partial charge in [0, 0.05) is 27.7 Å². The quantitative estimate of drug-likeness (QED) is 0.0297. The molecule has 0 aromatic rings. The zero-order valence-corrected chi connectivity index (χ0v) is 65.9. The molecule has 0 bridgehead atoms. The number of hydrogen-bond acceptors (Lipinski definition) is 51. The van der Waals surface area contributed by atoms with Gasteiger partial charge in [-0.25, -0.2) is 0 Å². The first-order valence-corrected chi connectivity index (χ1v) is 39.1. The molecule has 0 saturated carbocycles. The monoisotopic (exact) mass is 1800 g/mol. The van der Waals surface area contributed by atoms with Crippen LogP contribution in [0.5, 0.6) is 0 Å². The number of nitrogens with one attached hydrogen (secondary N) is 4. The molecule has 0 spiro atoms. The molecule has 123 heavy (non-hydrogen) atoms. The van der Waals surface area contributed by atoms with Gasteiger partial charge in [0.25, 0.3) is 0 Å². The molecule has 10 aliphatic rings. The van der Waals surface area contributed by atoms with E-state index in [1.54, 1.807) is 0 Å². The van der Waals surface area contributed by atoms with Crippen molar-refractivity contribution in [2.45, 2.75) is 335 Å². The SMILES string of the molecule is CC(=O)N[C@H]1[C@H](O[C@H]2[C@@H](O)[C@@H](CO)O[C@@H](O[C@H]3[C@H](O)[C@@H](NC(C)=O)[C@H](OC[C@H]4O[C@@H](O[C@H]5[C@H](O)[C@@H](O)C(O)O[C@@H]5CO)[C@H](O)[C@@H](O[C@@H]5O[C@H](CO)[C@@H](O[C@@H]6O[C@H](CO)[C@H](O)[C@H](O[C@@H]7O[C@H](CO)[C@@H](O[C@@H]8O[C@H](CO)[C@H](O)[C@H](O)[C@H]8O)[C@H](O)[C@H]7NC(C)=O)[C@H]6O)[C@H](O)[C@H]5NC(C)=O)[C@H]4O)O[C@@H]3CO)[C@@H]2O)O[C@H](CO)[C@@H](O[C@@H]2O[C@H](CO)[C@H](O)[C@H](O)[C@H]2O)[C@@H]1O. The van der Waals surface area contributed by atoms with E-state index in [0.29, 0.717) is 0 Å². The fraction of sp³-hybridized carbons (Fsp3) is 0.941. The molecule has 55 heteroatoms. The molecular formula is C68H114N4O51. The van der Waals surface area contributed by atoms with Crippen molar-refractivity contribution < 1.29 is 252 Å². The Morgan fingerprint density at radius 2 is 0.423 bits per heavy atom. The van der Waals surface area contributed by atoms with E-state index < -0.39 is 397 Å². The average Bonchev–Trinajstić information content (AvgIpc) is 0.652. The van der Waals surface area contributed by atoms with Crippen molar-refractivity contribution in [2.75, 3.05) is 66.1 Å². The molecule has 10 aliphatic heterocycles. The molecule has 0 aromatic heterocycles. The molecule has 10 rings (SSSR count). The highest BCUT2D eigenvalue weighted by Crippen LogP contribution is 2.41. The van der Waals surface area contributed by atoms with E-state index in [9.17, 15) is 162 Å². The van der Waals surface area contributed by atoms with Crippen LogP contribution in [0.1, 0.15) is 27.7 Å². The summed E-state index contributed by atoms with van der Waals surface area (Å²) in [7, 11) is 0. The summed E-state index contributed by atoms with van der Waals surface area (Å²) in [6, 6.07) is -7.63. The molecule has 50 atom stereocenters. The van der Waals surface area contributed by atoms with Gasteiger partial charge in [0.05, 0.1) is 66.1 Å². The van der Waals surface area contributed by atoms with Crippen LogP contribution in [-0.4, -0.2) is 539 Å². The minimum Gasteiger partial charge on any atom is -0.394 e. The number of aliphatic hydroxyl groups excluding tert-OH is 28. The lowest BCUT2D eigenvalue weighted by atomic mass is 9.93. The third kappa shape index (κ3) is 22.3. The number of rotatable bonds is 32. The smallest absolute Gasteiger partial charge is 0.217 e. The molecule has 55 nitrogen and oxygen atoms in total. The molecule has 10 saturated heterocycles. The predicted octanol–water partition coefficient (Wildman–Crippen LogP) is -22.2. The van der Waals surface area contributed by atoms with Crippen LogP contribution in [-0.2, 0) is 109 Å². The van der Waals surface area contributed by atoms with Gasteiger partial charge in [-0.2, -0.15) is 0 Å². The van der Waals surface area contributed by atoms with Crippen molar-refractivity contribution in [3.05, 3.63) is 0 Å². The number of ether oxygens (including phenoxy) is 19. The van der Waals surface area contributed by atoms with E-state index in [0.717, 1.165) is 27.7 Å². The topological polar surface area (TPSA) is 858 Å². The molecule has 0 radical (unpaired) electrons. The molecule has 10 fully saturated rings. The maximum absolute atomic E-state index is 13.2. The number of aliphatic hydroxyl groups is 28. The second-order valence-corrected chi connectivity index (χ2v) is 31.0. The van der Waals surface area contributed by atoms with Gasteiger partial charge in [-0.1, -0.05) is 0 Å². The summed E-state index contributed by atoms with van der Waals surface area (Å²) in [5.41, 5.74) is 0. The van der Waals surface area contributed by atoms with Crippen molar-refractivity contribution in [3.63, 3.8) is 0 Å². The number of carbonyl (C=O) groups is 4. The number of hydrogen-bond donors (Lipinski definition) is 32. The van der Waals surface area contributed by atoms with E-state index in [-0.39, 0.29) is 0 Å². The Balaban J connectivity index is 0.869. The number of amides is 4. The van der Waals surface area contributed by atoms with Gasteiger partial charge in [0.15, 0.2) is 62.9 Å². The molecule has 712 valence electrons. The van der Waals surface area contributed by atoms with Crippen LogP contribution < -0.4 is 21.3 Å². The highest BCUT2D eigenvalue weighted by Gasteiger charge is 2.62. The Hall–Kier alpha value is -4.00. The first kappa shape index (κ1) is 101. The van der Waals surface area contributed by atoms with Crippen molar-refractivity contribution in [2.24, 2.45) is 0 Å². The second-order valence-electron chi connectivity index (χ2n) is 31.0. The fourth-order valence-electron chi connectivity index (χ4n) is 16.0. The highest BCUT2D eigenvalue weighted by atomic mass is 16.8. The zero-order chi connectivity index (χ0) is 90.5. The van der Waals surface area contributed by atoms with Gasteiger partial charge in [-0.05, 0) is 0 Å². The summed E-state index contributed by atoms with van der Waals surface area (Å²) in [5, 5.41) is 319. The first-order valence-electron chi connectivity index (χ1n) is 39.1. The van der Waals surface area contributed by atoms with Crippen LogP contribution in [0, 0.1) is 0 Å². The molecule has 0 aromatic carbocycles. The van der Waals surface area contributed by atoms with Crippen molar-refractivity contribution in [1.29, 1.82) is 0 Å². The van der Waals surface area contributed by atoms with Crippen LogP contribution in [0.2, 0.25) is 0 Å². The fourth-order valence-corrected chi connectivity index (χ4v) is 16.0. The standard InChI is InChI=1S/C68H114N4O51/c1-15(82)69-29-38(91)51(118-66-48(101)56(35(88)21(7-75)109-66)121-61-30(70-16(2)83)39(92)52(25(11-79)112-61)116-64-46(99)42(95)33(86)19(5-73)107-64)24(10-78)111-60(29)105-14-28-37(90)58(50(103)68(115-28)120-55-23(9-77)106-59(104)45(98)44(55)97)123-63-32(72-18(4)85)41(94)54(27(13-81)114-63)119-67-49(102)57(36(89)22(8-76)110-67)122-62-31(71-17(3)84)40(93)53(26(12-80)113-62)117-65-47(100)43(96)34(87)20(6-74)108-65/h19-68,73-81,86-104H,5-14H2,1-4H3,(H,69,82)(H,70,83)(H,71,84)(H,72,85)/t19-,20-,21-,22-,23-,24-,25-,26-,27-,28-,29-,30-,31-,32-,33+,34+,35+,36+,37+,38-,39-,40-,41-,42+,43+,44-,45-,46-,47-,48-,49-,50-,51-,52-,53-,54-,55-,56+,57+,58+,59?,60-,61+,62+,63+,64+,65+,66+,67+,68+/m1/s1. The maximum atomic E-state index is 13.2. The van der Waals surface area contributed by atoms with Crippen LogP contribution >= 0.6 is 0 Å². The molecular weight excluding hydrogens is 1690 g/mol. The Morgan fingerprint density at radius 1 is 0.211 bits per heavy atom. The van der Waals surface area contributed by atoms with Gasteiger partial charge in [0.1, 0.15) is 244 Å². The summed E-state index contributed by atoms with van der Waals surface area (Å²) in [6.07, 6.45) is -94.3. The zero-order valence-electron chi connectivity index (χ0n) is 65.9. The van der Waals surface area contributed by atoms with E-state index in [2.05, 4.69) is 21.3 Å². The summed E-state index contributed by atoms with van der Waals surface area (Å²) < 4.78 is 111. The summed E-state index contributed by atoms with van der Waals surface area (Å²) in [4.78, 5) is 51.7. The lowest BCUT2D eigenvalue weighted by molar-refractivity contribution is -0.389. The Bertz CT molecular complexity index is 3310. The van der Waals surface area contributed by atoms with Gasteiger partial charge in [-0.15, -0.1) is 0 Å². The molecule has 0 aliphatic carbocycles. The second kappa shape index (κ2) is 44.3. The van der Waals surface area contributed by atoms with Gasteiger partial charge in [0.2, 0.25) is 23.6 Å². The maximum Gasteiger partial charge on any atom is 0.217 e. The highest BCUT2D eigenvalue weighted by molar-refractivity contribution is 5.74. The van der Waals surface area contributed by atoms with Gasteiger partial charge in [-0.3, -0.25) is 19.2 Å². The Morgan fingerprint density at radius 3 is 0.699 bits per heavy atom. The summed E-state index contributed by atoms with van der Waals surface area (Å²) >= 11 is 0. The normalized spacial score (nSPS) is 49.4. The Kier molecular flexibility index (Phi) is 36.4. The van der Waals surface area contributed by atoms with Crippen molar-refractivity contribution in [1.82, 2.24) is 21.3 Å². The van der Waals surface area contributed by atoms with Crippen LogP contribution in [0.3, 0.4) is 0 Å². The van der Waals surface area contributed by atoms with Crippen molar-refractivity contribution in [3.8, 4) is 0 Å². The average molecular weight is 1800 g/mol. The van der Waals surface area contributed by atoms with Gasteiger partial charge < -0.3 is 254 Å². The minimum atomic E-state index is -2.45. The van der Waals surface area contributed by atoms with Crippen LogP contribution in [0.25, 0.3) is 0 Å². The van der Waals surface area contributed by atoms with Crippen molar-refractivity contribution >= 4 is 23.6 Å². The lowest BCUT2D eigenvalue weighted by Crippen LogP contribution is -2.71. The van der Waals surface area contributed by atoms with E-state index in [1.807, 2.05) is 0 Å². The first-order chi connectivity index (χ1) is 58.2. The Labute approximate surface area is 695 Å². The van der Waals surface area contributed by atoms with Gasteiger partial charge >= 0.3 is 0 Å². The van der Waals surface area contributed by atoms with Crippen LogP contribution in [0.15, 0.2) is 0 Å². The minimum absolute atomic E-state index is 0.892. The molecule has 1 unspecified atom stereocenters.